The molecule has 1 aromatic carbocycles. The van der Waals surface area contributed by atoms with Crippen LogP contribution in [0.2, 0.25) is 0 Å². The van der Waals surface area contributed by atoms with Crippen molar-refractivity contribution < 1.29 is 17.9 Å². The highest BCUT2D eigenvalue weighted by atomic mass is 32.2. The highest BCUT2D eigenvalue weighted by molar-refractivity contribution is 7.89. The van der Waals surface area contributed by atoms with Gasteiger partial charge >= 0.3 is 0 Å². The molecule has 28 heavy (non-hydrogen) atoms. The maximum Gasteiger partial charge on any atom is 0.213 e. The first-order valence-electron chi connectivity index (χ1n) is 9.81. The highest BCUT2D eigenvalue weighted by Crippen LogP contribution is 2.30. The number of nitrogens with one attached hydrogen (secondary N) is 3. The van der Waals surface area contributed by atoms with Crippen LogP contribution in [0.1, 0.15) is 33.1 Å². The number of sulfonamides is 1. The van der Waals surface area contributed by atoms with E-state index in [0.717, 1.165) is 18.5 Å². The van der Waals surface area contributed by atoms with Gasteiger partial charge in [-0.15, -0.1) is 0 Å². The number of methoxy groups -OCH3 is 1. The smallest absolute Gasteiger partial charge is 0.213 e. The van der Waals surface area contributed by atoms with Gasteiger partial charge in [0.1, 0.15) is 0 Å². The number of nitrogens with zero attached hydrogens (tertiary/aromatic N) is 1. The first-order valence-corrected chi connectivity index (χ1v) is 11.5. The van der Waals surface area contributed by atoms with Gasteiger partial charge in [0.05, 0.1) is 26.0 Å². The van der Waals surface area contributed by atoms with Crippen molar-refractivity contribution in [2.45, 2.75) is 33.1 Å². The van der Waals surface area contributed by atoms with Crippen molar-refractivity contribution in [2.24, 2.45) is 10.9 Å². The van der Waals surface area contributed by atoms with Gasteiger partial charge in [-0.1, -0.05) is 6.42 Å². The number of ether oxygens (including phenoxy) is 2. The summed E-state index contributed by atoms with van der Waals surface area (Å²) in [4.78, 5) is 4.37. The molecule has 0 unspecified atom stereocenters. The van der Waals surface area contributed by atoms with Crippen molar-refractivity contribution in [3.8, 4) is 11.5 Å². The van der Waals surface area contributed by atoms with Crippen molar-refractivity contribution in [2.75, 3.05) is 44.4 Å². The standard InChI is InChI=1S/C19H32N4O4S/c1-4-20-19(21-11-12-28(24,25)22-14-15-7-6-8-15)23-16-9-10-17(27-5-2)18(13-16)26-3/h9-10,13,15,22H,4-8,11-12,14H2,1-3H3,(H2,20,21,23). The third-order valence-electron chi connectivity index (χ3n) is 4.52. The number of rotatable bonds is 11. The fourth-order valence-electron chi connectivity index (χ4n) is 2.76. The molecule has 0 aliphatic heterocycles. The van der Waals surface area contributed by atoms with Crippen LogP contribution >= 0.6 is 0 Å². The van der Waals surface area contributed by atoms with Crippen LogP contribution in [0.4, 0.5) is 5.69 Å². The summed E-state index contributed by atoms with van der Waals surface area (Å²) in [6.07, 6.45) is 3.42. The monoisotopic (exact) mass is 412 g/mol. The number of aliphatic imine (C=N–C) groups is 1. The molecule has 158 valence electrons. The molecule has 0 saturated heterocycles. The Hall–Kier alpha value is -2.00. The van der Waals surface area contributed by atoms with Gasteiger partial charge in [-0.05, 0) is 44.7 Å². The quantitative estimate of drug-likeness (QED) is 0.380. The molecule has 0 amide bonds. The molecule has 1 aliphatic rings. The molecule has 0 bridgehead atoms. The molecule has 0 radical (unpaired) electrons. The second-order valence-electron chi connectivity index (χ2n) is 6.65. The Balaban J connectivity index is 1.94. The lowest BCUT2D eigenvalue weighted by Gasteiger charge is -2.25. The minimum Gasteiger partial charge on any atom is -0.493 e. The van der Waals surface area contributed by atoms with Gasteiger partial charge in [-0.2, -0.15) is 0 Å². The average molecular weight is 413 g/mol. The molecule has 3 N–H and O–H groups in total. The van der Waals surface area contributed by atoms with Gasteiger partial charge in [-0.25, -0.2) is 13.1 Å². The van der Waals surface area contributed by atoms with Gasteiger partial charge in [-0.3, -0.25) is 4.99 Å². The Morgan fingerprint density at radius 2 is 2.04 bits per heavy atom. The summed E-state index contributed by atoms with van der Waals surface area (Å²) in [5.74, 6) is 2.25. The predicted molar refractivity (Wildman–Crippen MR) is 113 cm³/mol. The van der Waals surface area contributed by atoms with Gasteiger partial charge in [0.25, 0.3) is 0 Å². The molecule has 1 aliphatic carbocycles. The van der Waals surface area contributed by atoms with Crippen molar-refractivity contribution >= 4 is 21.7 Å². The number of benzene rings is 1. The number of hydrogen-bond acceptors (Lipinski definition) is 5. The van der Waals surface area contributed by atoms with Crippen LogP contribution in [0.5, 0.6) is 11.5 Å². The molecule has 1 fully saturated rings. The fourth-order valence-corrected chi connectivity index (χ4v) is 3.72. The first-order chi connectivity index (χ1) is 13.5. The van der Waals surface area contributed by atoms with E-state index in [-0.39, 0.29) is 12.3 Å². The van der Waals surface area contributed by atoms with Crippen LogP contribution in [0.15, 0.2) is 23.2 Å². The largest absolute Gasteiger partial charge is 0.493 e. The lowest BCUT2D eigenvalue weighted by Crippen LogP contribution is -2.35. The Morgan fingerprint density at radius 3 is 2.64 bits per heavy atom. The first kappa shape index (κ1) is 22.3. The summed E-state index contributed by atoms with van der Waals surface area (Å²) >= 11 is 0. The van der Waals surface area contributed by atoms with Gasteiger partial charge in [0, 0.05) is 24.8 Å². The number of hydrogen-bond donors (Lipinski definition) is 3. The van der Waals surface area contributed by atoms with E-state index in [1.807, 2.05) is 32.0 Å². The van der Waals surface area contributed by atoms with E-state index in [0.29, 0.717) is 43.1 Å². The van der Waals surface area contributed by atoms with Crippen LogP contribution < -0.4 is 24.8 Å². The van der Waals surface area contributed by atoms with Gasteiger partial charge in [0.2, 0.25) is 10.0 Å². The van der Waals surface area contributed by atoms with E-state index in [2.05, 4.69) is 20.3 Å². The van der Waals surface area contributed by atoms with E-state index in [9.17, 15) is 8.42 Å². The third-order valence-corrected chi connectivity index (χ3v) is 5.84. The maximum absolute atomic E-state index is 12.1. The molecule has 8 nitrogen and oxygen atoms in total. The second kappa shape index (κ2) is 11.1. The van der Waals surface area contributed by atoms with E-state index in [4.69, 9.17) is 9.47 Å². The molecule has 0 heterocycles. The van der Waals surface area contributed by atoms with Crippen LogP contribution in [0.3, 0.4) is 0 Å². The van der Waals surface area contributed by atoms with Crippen LogP contribution in [0, 0.1) is 5.92 Å². The molecule has 0 aromatic heterocycles. The average Bonchev–Trinajstić information content (AvgIpc) is 2.61. The van der Waals surface area contributed by atoms with Crippen molar-refractivity contribution in [3.63, 3.8) is 0 Å². The normalized spacial score (nSPS) is 15.0. The highest BCUT2D eigenvalue weighted by Gasteiger charge is 2.20. The summed E-state index contributed by atoms with van der Waals surface area (Å²) in [5.41, 5.74) is 0.769. The van der Waals surface area contributed by atoms with Crippen molar-refractivity contribution in [1.29, 1.82) is 0 Å². The van der Waals surface area contributed by atoms with E-state index >= 15 is 0 Å². The third kappa shape index (κ3) is 7.20. The number of guanidine groups is 1. The van der Waals surface area contributed by atoms with E-state index in [1.165, 1.54) is 6.42 Å². The lowest BCUT2D eigenvalue weighted by atomic mass is 9.86. The van der Waals surface area contributed by atoms with Crippen LogP contribution in [-0.2, 0) is 10.0 Å². The molecule has 1 saturated carbocycles. The molecular weight excluding hydrogens is 380 g/mol. The topological polar surface area (TPSA) is 101 Å². The van der Waals surface area contributed by atoms with Crippen LogP contribution in [-0.4, -0.2) is 53.5 Å². The Kier molecular flexibility index (Phi) is 8.85. The number of anilines is 1. The van der Waals surface area contributed by atoms with Crippen molar-refractivity contribution in [3.05, 3.63) is 18.2 Å². The summed E-state index contributed by atoms with van der Waals surface area (Å²) in [6.45, 7) is 5.78. The predicted octanol–water partition coefficient (Wildman–Crippen LogP) is 2.19. The molecule has 0 atom stereocenters. The maximum atomic E-state index is 12.1. The Morgan fingerprint density at radius 1 is 1.25 bits per heavy atom. The zero-order valence-corrected chi connectivity index (χ0v) is 17.8. The van der Waals surface area contributed by atoms with Gasteiger partial charge < -0.3 is 20.1 Å². The molecular formula is C19H32N4O4S. The van der Waals surface area contributed by atoms with E-state index in [1.54, 1.807) is 7.11 Å². The Labute approximate surface area is 168 Å². The SMILES string of the molecule is CCNC(=NCCS(=O)(=O)NCC1CCC1)Nc1ccc(OCC)c(OC)c1. The fraction of sp³-hybridized carbons (Fsp3) is 0.632. The Bertz CT molecular complexity index is 748. The van der Waals surface area contributed by atoms with Gasteiger partial charge in [0.15, 0.2) is 17.5 Å². The molecule has 2 rings (SSSR count). The summed E-state index contributed by atoms with van der Waals surface area (Å²) < 4.78 is 37.8. The molecule has 0 spiro atoms. The zero-order chi connectivity index (χ0) is 20.4. The van der Waals surface area contributed by atoms with E-state index < -0.39 is 10.0 Å². The summed E-state index contributed by atoms with van der Waals surface area (Å²) in [7, 11) is -1.72. The molecule has 1 aromatic rings. The van der Waals surface area contributed by atoms with Crippen molar-refractivity contribution in [1.82, 2.24) is 10.0 Å². The lowest BCUT2D eigenvalue weighted by molar-refractivity contribution is 0.311. The summed E-state index contributed by atoms with van der Waals surface area (Å²) in [5, 5.41) is 6.28. The summed E-state index contributed by atoms with van der Waals surface area (Å²) in [6, 6.07) is 5.50. The second-order valence-corrected chi connectivity index (χ2v) is 8.57. The van der Waals surface area contributed by atoms with Crippen LogP contribution in [0.25, 0.3) is 0 Å². The molecule has 9 heteroatoms. The zero-order valence-electron chi connectivity index (χ0n) is 17.0. The minimum absolute atomic E-state index is 0.0388. The minimum atomic E-state index is -3.31.